The summed E-state index contributed by atoms with van der Waals surface area (Å²) in [4.78, 5) is 38.4. The molecule has 222 valence electrons. The van der Waals surface area contributed by atoms with E-state index < -0.39 is 39.7 Å². The van der Waals surface area contributed by atoms with Crippen molar-refractivity contribution in [2.24, 2.45) is 5.92 Å². The standard InChI is InChI=1S/C29H25Cl6N3O4/c1-13-9-15(37-27(41)42-28(2,3)4)6-8-21(13)38-25(39)17-12-16(5-7-18(17)30)36-26(40)23-22(29(23,34)35)14-10-19(31)24(33)20(32)11-14/h5-12,22-23H,1-4H3,(H,36,40)(H,37,41)(H,38,39)/t22-,23?/m0/s1. The smallest absolute Gasteiger partial charge is 0.412 e. The van der Waals surface area contributed by atoms with Crippen molar-refractivity contribution in [3.8, 4) is 0 Å². The lowest BCUT2D eigenvalue weighted by Crippen LogP contribution is -2.27. The van der Waals surface area contributed by atoms with Crippen LogP contribution >= 0.6 is 69.6 Å². The highest BCUT2D eigenvalue weighted by Crippen LogP contribution is 2.65. The highest BCUT2D eigenvalue weighted by molar-refractivity contribution is 6.54. The minimum absolute atomic E-state index is 0.122. The zero-order valence-electron chi connectivity index (χ0n) is 22.7. The Balaban J connectivity index is 1.45. The number of carbonyl (C=O) groups is 3. The van der Waals surface area contributed by atoms with Crippen LogP contribution in [0.1, 0.15) is 48.2 Å². The second-order valence-corrected chi connectivity index (χ2v) is 13.8. The molecule has 1 aliphatic carbocycles. The van der Waals surface area contributed by atoms with Crippen LogP contribution in [-0.4, -0.2) is 27.8 Å². The summed E-state index contributed by atoms with van der Waals surface area (Å²) >= 11 is 37.6. The minimum atomic E-state index is -1.40. The van der Waals surface area contributed by atoms with E-state index in [-0.39, 0.29) is 25.7 Å². The Morgan fingerprint density at radius 1 is 0.810 bits per heavy atom. The highest BCUT2D eigenvalue weighted by Gasteiger charge is 2.67. The molecular weight excluding hydrogens is 667 g/mol. The van der Waals surface area contributed by atoms with E-state index in [1.54, 1.807) is 64.1 Å². The van der Waals surface area contributed by atoms with E-state index in [1.165, 1.54) is 12.1 Å². The summed E-state index contributed by atoms with van der Waals surface area (Å²) in [6.45, 7) is 7.07. The Bertz CT molecular complexity index is 1570. The maximum absolute atomic E-state index is 13.2. The van der Waals surface area contributed by atoms with Gasteiger partial charge in [-0.2, -0.15) is 0 Å². The zero-order valence-corrected chi connectivity index (χ0v) is 27.2. The molecule has 0 radical (unpaired) electrons. The predicted molar refractivity (Wildman–Crippen MR) is 171 cm³/mol. The number of halogens is 6. The van der Waals surface area contributed by atoms with Crippen molar-refractivity contribution in [3.05, 3.63) is 85.3 Å². The van der Waals surface area contributed by atoms with E-state index in [1.807, 2.05) is 0 Å². The first-order chi connectivity index (χ1) is 19.5. The molecule has 0 bridgehead atoms. The number of anilines is 3. The Morgan fingerprint density at radius 3 is 2.00 bits per heavy atom. The molecule has 42 heavy (non-hydrogen) atoms. The number of amides is 3. The average Bonchev–Trinajstić information content (AvgIpc) is 3.45. The Morgan fingerprint density at radius 2 is 1.40 bits per heavy atom. The molecule has 0 aromatic heterocycles. The molecule has 1 unspecified atom stereocenters. The quantitative estimate of drug-likeness (QED) is 0.177. The fourth-order valence-electron chi connectivity index (χ4n) is 4.31. The molecule has 3 aromatic carbocycles. The van der Waals surface area contributed by atoms with Gasteiger partial charge in [-0.25, -0.2) is 4.79 Å². The lowest BCUT2D eigenvalue weighted by molar-refractivity contribution is -0.117. The third-order valence-electron chi connectivity index (χ3n) is 6.30. The van der Waals surface area contributed by atoms with Gasteiger partial charge >= 0.3 is 6.09 Å². The fourth-order valence-corrected chi connectivity index (χ4v) is 5.96. The van der Waals surface area contributed by atoms with Gasteiger partial charge in [-0.1, -0.05) is 46.4 Å². The van der Waals surface area contributed by atoms with Gasteiger partial charge in [-0.05, 0) is 87.4 Å². The largest absolute Gasteiger partial charge is 0.444 e. The van der Waals surface area contributed by atoms with Crippen LogP contribution in [0.15, 0.2) is 48.5 Å². The monoisotopic (exact) mass is 689 g/mol. The van der Waals surface area contributed by atoms with Gasteiger partial charge in [-0.3, -0.25) is 14.9 Å². The molecule has 1 aliphatic rings. The number of hydrogen-bond donors (Lipinski definition) is 3. The van der Waals surface area contributed by atoms with Crippen LogP contribution in [0.5, 0.6) is 0 Å². The van der Waals surface area contributed by atoms with E-state index in [4.69, 9.17) is 74.3 Å². The van der Waals surface area contributed by atoms with Crippen molar-refractivity contribution < 1.29 is 19.1 Å². The van der Waals surface area contributed by atoms with Crippen LogP contribution in [0.25, 0.3) is 0 Å². The number of ether oxygens (including phenoxy) is 1. The zero-order chi connectivity index (χ0) is 31.1. The second kappa shape index (κ2) is 12.3. The summed E-state index contributed by atoms with van der Waals surface area (Å²) in [5.41, 5.74) is 2.03. The Labute approximate surface area is 273 Å². The molecule has 0 aliphatic heterocycles. The number of benzene rings is 3. The van der Waals surface area contributed by atoms with Gasteiger partial charge in [-0.15, -0.1) is 23.2 Å². The summed E-state index contributed by atoms with van der Waals surface area (Å²) in [6, 6.07) is 12.6. The number of alkyl halides is 2. The molecule has 3 amide bonds. The number of hydrogen-bond acceptors (Lipinski definition) is 4. The van der Waals surface area contributed by atoms with Crippen molar-refractivity contribution in [2.45, 2.75) is 43.5 Å². The summed E-state index contributed by atoms with van der Waals surface area (Å²) in [7, 11) is 0. The second-order valence-electron chi connectivity index (χ2n) is 10.7. The topological polar surface area (TPSA) is 96.5 Å². The lowest BCUT2D eigenvalue weighted by atomic mass is 10.1. The van der Waals surface area contributed by atoms with Crippen LogP contribution in [0.4, 0.5) is 21.9 Å². The highest BCUT2D eigenvalue weighted by atomic mass is 35.5. The number of carbonyl (C=O) groups excluding carboxylic acids is 3. The SMILES string of the molecule is Cc1cc(NC(=O)OC(C)(C)C)ccc1NC(=O)c1cc(NC(=O)C2[C@H](c3cc(Cl)c(Cl)c(Cl)c3)C2(Cl)Cl)ccc1Cl. The van der Waals surface area contributed by atoms with Gasteiger partial charge < -0.3 is 15.4 Å². The normalized spacial score (nSPS) is 17.3. The van der Waals surface area contributed by atoms with Crippen molar-refractivity contribution in [2.75, 3.05) is 16.0 Å². The van der Waals surface area contributed by atoms with Crippen molar-refractivity contribution in [3.63, 3.8) is 0 Å². The Hall–Kier alpha value is -2.39. The van der Waals surface area contributed by atoms with Crippen LogP contribution in [-0.2, 0) is 9.53 Å². The molecular formula is C29H25Cl6N3O4. The first-order valence-electron chi connectivity index (χ1n) is 12.5. The lowest BCUT2D eigenvalue weighted by Gasteiger charge is -2.20. The van der Waals surface area contributed by atoms with E-state index in [0.717, 1.165) is 0 Å². The fraction of sp³-hybridized carbons (Fsp3) is 0.276. The van der Waals surface area contributed by atoms with Gasteiger partial charge in [0.05, 0.1) is 31.6 Å². The van der Waals surface area contributed by atoms with Gasteiger partial charge in [0.2, 0.25) is 5.91 Å². The maximum Gasteiger partial charge on any atom is 0.412 e. The molecule has 0 spiro atoms. The molecule has 0 saturated heterocycles. The molecule has 2 atom stereocenters. The van der Waals surface area contributed by atoms with Crippen molar-refractivity contribution in [1.82, 2.24) is 0 Å². The van der Waals surface area contributed by atoms with Crippen LogP contribution < -0.4 is 16.0 Å². The molecule has 13 heteroatoms. The maximum atomic E-state index is 13.2. The number of nitrogens with one attached hydrogen (secondary N) is 3. The molecule has 3 N–H and O–H groups in total. The molecule has 3 aromatic rings. The minimum Gasteiger partial charge on any atom is -0.444 e. The van der Waals surface area contributed by atoms with E-state index in [9.17, 15) is 14.4 Å². The Kier molecular flexibility index (Phi) is 9.53. The average molecular weight is 692 g/mol. The third kappa shape index (κ3) is 7.39. The predicted octanol–water partition coefficient (Wildman–Crippen LogP) is 9.73. The van der Waals surface area contributed by atoms with E-state index in [2.05, 4.69) is 16.0 Å². The molecule has 4 rings (SSSR count). The molecule has 1 fully saturated rings. The van der Waals surface area contributed by atoms with Gasteiger partial charge in [0, 0.05) is 23.0 Å². The third-order valence-corrected chi connectivity index (χ3v) is 8.77. The van der Waals surface area contributed by atoms with Gasteiger partial charge in [0.25, 0.3) is 5.91 Å². The number of aryl methyl sites for hydroxylation is 1. The molecule has 1 saturated carbocycles. The molecule has 0 heterocycles. The van der Waals surface area contributed by atoms with Crippen LogP contribution in [0, 0.1) is 12.8 Å². The first-order valence-corrected chi connectivity index (χ1v) is 14.8. The van der Waals surface area contributed by atoms with E-state index >= 15 is 0 Å². The van der Waals surface area contributed by atoms with Gasteiger partial charge in [0.15, 0.2) is 0 Å². The first kappa shape index (κ1) is 32.5. The summed E-state index contributed by atoms with van der Waals surface area (Å²) in [5, 5.41) is 8.99. The summed E-state index contributed by atoms with van der Waals surface area (Å²) in [5.74, 6) is -2.38. The summed E-state index contributed by atoms with van der Waals surface area (Å²) < 4.78 is 3.86. The van der Waals surface area contributed by atoms with Gasteiger partial charge in [0.1, 0.15) is 9.93 Å². The van der Waals surface area contributed by atoms with Crippen molar-refractivity contribution >= 4 is 105 Å². The van der Waals surface area contributed by atoms with Crippen molar-refractivity contribution in [1.29, 1.82) is 0 Å². The number of rotatable bonds is 6. The summed E-state index contributed by atoms with van der Waals surface area (Å²) in [6.07, 6.45) is -0.594. The van der Waals surface area contributed by atoms with Crippen LogP contribution in [0.2, 0.25) is 20.1 Å². The van der Waals surface area contributed by atoms with Crippen LogP contribution in [0.3, 0.4) is 0 Å². The van der Waals surface area contributed by atoms with E-state index in [0.29, 0.717) is 28.2 Å². The molecule has 7 nitrogen and oxygen atoms in total.